The lowest BCUT2D eigenvalue weighted by molar-refractivity contribution is -0.139. The average molecular weight is 495 g/mol. The molecule has 0 saturated heterocycles. The van der Waals surface area contributed by atoms with Crippen LogP contribution in [0.25, 0.3) is 0 Å². The van der Waals surface area contributed by atoms with Crippen LogP contribution in [0.2, 0.25) is 0 Å². The molecule has 0 fully saturated rings. The average Bonchev–Trinajstić information content (AvgIpc) is 2.89. The Morgan fingerprint density at radius 2 is 1.53 bits per heavy atom. The maximum absolute atomic E-state index is 11.6. The Kier molecular flexibility index (Phi) is 14.0. The molecular formula is C30H42N2O4. The zero-order valence-corrected chi connectivity index (χ0v) is 22.3. The van der Waals surface area contributed by atoms with Gasteiger partial charge >= 0.3 is 5.97 Å². The van der Waals surface area contributed by atoms with Crippen LogP contribution in [0.5, 0.6) is 11.5 Å². The maximum Gasteiger partial charge on any atom is 0.333 e. The molecule has 0 N–H and O–H groups in total. The van der Waals surface area contributed by atoms with Crippen molar-refractivity contribution in [1.82, 2.24) is 0 Å². The number of azo groups is 1. The van der Waals surface area contributed by atoms with Gasteiger partial charge in [-0.25, -0.2) is 4.79 Å². The van der Waals surface area contributed by atoms with E-state index in [0.29, 0.717) is 29.4 Å². The monoisotopic (exact) mass is 494 g/mol. The SMILES string of the molecule is C=C(C)C(=O)OCCOc1cc(OCCCCCC)ccc1/N=N/c1ccc(CCCCCC)cc1. The van der Waals surface area contributed by atoms with Crippen LogP contribution in [0.15, 0.2) is 64.8 Å². The van der Waals surface area contributed by atoms with Gasteiger partial charge < -0.3 is 14.2 Å². The first-order valence-electron chi connectivity index (χ1n) is 13.3. The van der Waals surface area contributed by atoms with Crippen LogP contribution in [-0.4, -0.2) is 25.8 Å². The Morgan fingerprint density at radius 3 is 2.22 bits per heavy atom. The third-order valence-electron chi connectivity index (χ3n) is 5.65. The molecule has 0 bridgehead atoms. The Bertz CT molecular complexity index is 954. The van der Waals surface area contributed by atoms with Crippen molar-refractivity contribution >= 4 is 17.3 Å². The summed E-state index contributed by atoms with van der Waals surface area (Å²) in [5.74, 6) is 0.812. The number of rotatable bonds is 18. The number of benzene rings is 2. The van der Waals surface area contributed by atoms with E-state index in [1.54, 1.807) is 6.92 Å². The Hall–Kier alpha value is -3.15. The molecule has 36 heavy (non-hydrogen) atoms. The van der Waals surface area contributed by atoms with Crippen LogP contribution < -0.4 is 9.47 Å². The molecule has 0 heterocycles. The fourth-order valence-electron chi connectivity index (χ4n) is 3.51. The van der Waals surface area contributed by atoms with E-state index in [0.717, 1.165) is 24.9 Å². The number of unbranched alkanes of at least 4 members (excludes halogenated alkanes) is 6. The molecule has 0 spiro atoms. The van der Waals surface area contributed by atoms with Crippen molar-refractivity contribution in [3.05, 3.63) is 60.2 Å². The first-order valence-corrected chi connectivity index (χ1v) is 13.3. The summed E-state index contributed by atoms with van der Waals surface area (Å²) in [4.78, 5) is 11.6. The second-order valence-electron chi connectivity index (χ2n) is 8.98. The number of hydrogen-bond donors (Lipinski definition) is 0. The highest BCUT2D eigenvalue weighted by Gasteiger charge is 2.08. The molecule has 0 aliphatic rings. The Balaban J connectivity index is 2.02. The van der Waals surface area contributed by atoms with Crippen LogP contribution in [-0.2, 0) is 16.0 Å². The van der Waals surface area contributed by atoms with E-state index in [1.807, 2.05) is 30.3 Å². The molecule has 0 aliphatic carbocycles. The minimum atomic E-state index is -0.434. The Morgan fingerprint density at radius 1 is 0.806 bits per heavy atom. The molecule has 2 aromatic rings. The number of carbonyl (C=O) groups is 1. The van der Waals surface area contributed by atoms with E-state index in [1.165, 1.54) is 44.1 Å². The van der Waals surface area contributed by atoms with Gasteiger partial charge in [-0.2, -0.15) is 5.11 Å². The van der Waals surface area contributed by atoms with E-state index in [4.69, 9.17) is 14.2 Å². The highest BCUT2D eigenvalue weighted by molar-refractivity contribution is 5.86. The molecule has 0 radical (unpaired) electrons. The summed E-state index contributed by atoms with van der Waals surface area (Å²) < 4.78 is 16.9. The van der Waals surface area contributed by atoms with E-state index >= 15 is 0 Å². The summed E-state index contributed by atoms with van der Waals surface area (Å²) in [6.07, 6.45) is 10.7. The van der Waals surface area contributed by atoms with Gasteiger partial charge in [0.2, 0.25) is 0 Å². The number of ether oxygens (including phenoxy) is 3. The highest BCUT2D eigenvalue weighted by atomic mass is 16.6. The predicted molar refractivity (Wildman–Crippen MR) is 146 cm³/mol. The lowest BCUT2D eigenvalue weighted by Gasteiger charge is -2.12. The van der Waals surface area contributed by atoms with Crippen LogP contribution in [0.1, 0.15) is 77.7 Å². The zero-order chi connectivity index (χ0) is 26.0. The van der Waals surface area contributed by atoms with Crippen LogP contribution in [0, 0.1) is 0 Å². The van der Waals surface area contributed by atoms with E-state index < -0.39 is 5.97 Å². The topological polar surface area (TPSA) is 69.5 Å². The number of carbonyl (C=O) groups excluding carboxylic acids is 1. The lowest BCUT2D eigenvalue weighted by Crippen LogP contribution is -2.12. The fraction of sp³-hybridized carbons (Fsp3) is 0.500. The van der Waals surface area contributed by atoms with Crippen LogP contribution in [0.3, 0.4) is 0 Å². The molecule has 2 rings (SSSR count). The number of esters is 1. The standard InChI is InChI=1S/C30H42N2O4/c1-5-7-9-11-13-25-14-16-26(17-15-25)31-32-28-19-18-27(34-20-12-10-8-6-2)23-29(28)35-21-22-36-30(33)24(3)4/h14-19,23H,3,5-13,20-22H2,1-2,4H3/b32-31+. The maximum atomic E-state index is 11.6. The van der Waals surface area contributed by atoms with Crippen molar-refractivity contribution in [2.75, 3.05) is 19.8 Å². The quantitative estimate of drug-likeness (QED) is 0.0899. The Labute approximate surface area is 216 Å². The lowest BCUT2D eigenvalue weighted by atomic mass is 10.1. The van der Waals surface area contributed by atoms with Crippen molar-refractivity contribution in [2.24, 2.45) is 10.2 Å². The first-order chi connectivity index (χ1) is 17.5. The largest absolute Gasteiger partial charge is 0.493 e. The highest BCUT2D eigenvalue weighted by Crippen LogP contribution is 2.33. The number of aryl methyl sites for hydroxylation is 1. The van der Waals surface area contributed by atoms with Gasteiger partial charge in [-0.1, -0.05) is 71.1 Å². The van der Waals surface area contributed by atoms with E-state index in [9.17, 15) is 4.79 Å². The van der Waals surface area contributed by atoms with Gasteiger partial charge in [-0.3, -0.25) is 0 Å². The molecule has 196 valence electrons. The summed E-state index contributed by atoms with van der Waals surface area (Å²) in [5.41, 5.74) is 3.04. The molecule has 0 saturated carbocycles. The summed E-state index contributed by atoms with van der Waals surface area (Å²) in [6, 6.07) is 13.7. The van der Waals surface area contributed by atoms with Gasteiger partial charge in [-0.05, 0) is 56.0 Å². The van der Waals surface area contributed by atoms with Crippen molar-refractivity contribution in [3.8, 4) is 11.5 Å². The number of hydrogen-bond acceptors (Lipinski definition) is 6. The van der Waals surface area contributed by atoms with Crippen molar-refractivity contribution in [1.29, 1.82) is 0 Å². The predicted octanol–water partition coefficient (Wildman–Crippen LogP) is 8.68. The number of nitrogens with zero attached hydrogens (tertiary/aromatic N) is 2. The normalized spacial score (nSPS) is 11.0. The first kappa shape index (κ1) is 29.1. The van der Waals surface area contributed by atoms with Crippen LogP contribution in [0.4, 0.5) is 11.4 Å². The third-order valence-corrected chi connectivity index (χ3v) is 5.65. The molecular weight excluding hydrogens is 452 g/mol. The second kappa shape index (κ2) is 17.3. The molecule has 0 aromatic heterocycles. The molecule has 6 nitrogen and oxygen atoms in total. The second-order valence-corrected chi connectivity index (χ2v) is 8.98. The minimum absolute atomic E-state index is 0.115. The van der Waals surface area contributed by atoms with Crippen LogP contribution >= 0.6 is 0 Å². The van der Waals surface area contributed by atoms with Gasteiger partial charge in [0, 0.05) is 11.6 Å². The molecule has 0 unspecified atom stereocenters. The van der Waals surface area contributed by atoms with Crippen molar-refractivity contribution < 1.29 is 19.0 Å². The third kappa shape index (κ3) is 11.5. The minimum Gasteiger partial charge on any atom is -0.493 e. The molecule has 6 heteroatoms. The molecule has 0 amide bonds. The van der Waals surface area contributed by atoms with Gasteiger partial charge in [-0.15, -0.1) is 5.11 Å². The fourth-order valence-corrected chi connectivity index (χ4v) is 3.51. The zero-order valence-electron chi connectivity index (χ0n) is 22.3. The summed E-state index contributed by atoms with van der Waals surface area (Å²) in [7, 11) is 0. The van der Waals surface area contributed by atoms with Gasteiger partial charge in [0.25, 0.3) is 0 Å². The summed E-state index contributed by atoms with van der Waals surface area (Å²) in [5, 5.41) is 8.82. The summed E-state index contributed by atoms with van der Waals surface area (Å²) >= 11 is 0. The van der Waals surface area contributed by atoms with Gasteiger partial charge in [0.15, 0.2) is 5.75 Å². The van der Waals surface area contributed by atoms with Gasteiger partial charge in [0.05, 0.1) is 12.3 Å². The van der Waals surface area contributed by atoms with Gasteiger partial charge in [0.1, 0.15) is 24.7 Å². The van der Waals surface area contributed by atoms with E-state index in [-0.39, 0.29) is 13.2 Å². The molecule has 0 aliphatic heterocycles. The van der Waals surface area contributed by atoms with E-state index in [2.05, 4.69) is 42.8 Å². The molecule has 2 aromatic carbocycles. The molecule has 0 atom stereocenters. The van der Waals surface area contributed by atoms with Crippen molar-refractivity contribution in [3.63, 3.8) is 0 Å². The van der Waals surface area contributed by atoms with Crippen molar-refractivity contribution in [2.45, 2.75) is 78.6 Å². The summed E-state index contributed by atoms with van der Waals surface area (Å²) in [6.45, 7) is 10.6. The smallest absolute Gasteiger partial charge is 0.333 e.